The third-order valence-electron chi connectivity index (χ3n) is 2.02. The monoisotopic (exact) mass is 204 g/mol. The van der Waals surface area contributed by atoms with Crippen LogP contribution in [0.2, 0.25) is 0 Å². The molecule has 1 aromatic carbocycles. The molecular weight excluding hydrogens is 191 g/mol. The van der Waals surface area contributed by atoms with Gasteiger partial charge in [0, 0.05) is 11.7 Å². The van der Waals surface area contributed by atoms with Gasteiger partial charge in [-0.1, -0.05) is 6.08 Å². The number of nitriles is 1. The predicted octanol–water partition coefficient (Wildman–Crippen LogP) is 3.07. The number of rotatable bonds is 4. The van der Waals surface area contributed by atoms with E-state index < -0.39 is 5.82 Å². The van der Waals surface area contributed by atoms with E-state index in [1.54, 1.807) is 18.2 Å². The van der Waals surface area contributed by atoms with E-state index in [0.717, 1.165) is 6.42 Å². The van der Waals surface area contributed by atoms with Crippen LogP contribution in [-0.4, -0.2) is 6.04 Å². The highest BCUT2D eigenvalue weighted by Crippen LogP contribution is 2.15. The summed E-state index contributed by atoms with van der Waals surface area (Å²) in [5.41, 5.74) is 0.748. The fourth-order valence-corrected chi connectivity index (χ4v) is 1.29. The number of benzene rings is 1. The standard InChI is InChI=1S/C12H13FN2/c1-3-4-9(2)15-11-6-5-10(8-14)12(13)7-11/h3,5-7,9,15H,1,4H2,2H3. The summed E-state index contributed by atoms with van der Waals surface area (Å²) < 4.78 is 13.2. The molecule has 0 aliphatic carbocycles. The third-order valence-corrected chi connectivity index (χ3v) is 2.02. The highest BCUT2D eigenvalue weighted by Gasteiger charge is 2.04. The Hall–Kier alpha value is -1.82. The summed E-state index contributed by atoms with van der Waals surface area (Å²) in [7, 11) is 0. The van der Waals surface area contributed by atoms with E-state index in [2.05, 4.69) is 11.9 Å². The van der Waals surface area contributed by atoms with Crippen LogP contribution >= 0.6 is 0 Å². The number of hydrogen-bond donors (Lipinski definition) is 1. The van der Waals surface area contributed by atoms with Crippen molar-refractivity contribution in [3.05, 3.63) is 42.2 Å². The molecule has 15 heavy (non-hydrogen) atoms. The molecule has 0 spiro atoms. The molecule has 0 aliphatic rings. The van der Waals surface area contributed by atoms with Gasteiger partial charge in [-0.25, -0.2) is 4.39 Å². The van der Waals surface area contributed by atoms with Gasteiger partial charge in [-0.3, -0.25) is 0 Å². The smallest absolute Gasteiger partial charge is 0.143 e. The maximum Gasteiger partial charge on any atom is 0.143 e. The zero-order valence-electron chi connectivity index (χ0n) is 8.63. The minimum absolute atomic E-state index is 0.0666. The van der Waals surface area contributed by atoms with Crippen LogP contribution in [0.1, 0.15) is 18.9 Å². The van der Waals surface area contributed by atoms with Crippen molar-refractivity contribution in [3.63, 3.8) is 0 Å². The van der Waals surface area contributed by atoms with Crippen molar-refractivity contribution in [2.24, 2.45) is 0 Å². The lowest BCUT2D eigenvalue weighted by molar-refractivity contribution is 0.624. The molecule has 0 heterocycles. The minimum atomic E-state index is -0.492. The van der Waals surface area contributed by atoms with Crippen LogP contribution < -0.4 is 5.32 Å². The summed E-state index contributed by atoms with van der Waals surface area (Å²) in [6.07, 6.45) is 2.61. The van der Waals surface area contributed by atoms with E-state index in [1.165, 1.54) is 12.1 Å². The summed E-state index contributed by atoms with van der Waals surface area (Å²) in [4.78, 5) is 0. The fourth-order valence-electron chi connectivity index (χ4n) is 1.29. The van der Waals surface area contributed by atoms with Crippen LogP contribution in [0, 0.1) is 17.1 Å². The van der Waals surface area contributed by atoms with E-state index in [-0.39, 0.29) is 11.6 Å². The second-order valence-corrected chi connectivity index (χ2v) is 3.38. The average Bonchev–Trinajstić information content (AvgIpc) is 2.18. The van der Waals surface area contributed by atoms with Crippen molar-refractivity contribution in [1.29, 1.82) is 5.26 Å². The number of anilines is 1. The largest absolute Gasteiger partial charge is 0.382 e. The Morgan fingerprint density at radius 1 is 1.67 bits per heavy atom. The van der Waals surface area contributed by atoms with Gasteiger partial charge in [-0.2, -0.15) is 5.26 Å². The van der Waals surface area contributed by atoms with Crippen molar-refractivity contribution in [3.8, 4) is 6.07 Å². The highest BCUT2D eigenvalue weighted by molar-refractivity contribution is 5.48. The first-order chi connectivity index (χ1) is 7.17. The van der Waals surface area contributed by atoms with Gasteiger partial charge in [-0.15, -0.1) is 6.58 Å². The first kappa shape index (κ1) is 11.3. The van der Waals surface area contributed by atoms with Crippen LogP contribution in [0.4, 0.5) is 10.1 Å². The molecule has 1 unspecified atom stereocenters. The van der Waals surface area contributed by atoms with Gasteiger partial charge in [0.15, 0.2) is 0 Å². The Morgan fingerprint density at radius 3 is 2.93 bits per heavy atom. The zero-order valence-corrected chi connectivity index (χ0v) is 8.63. The first-order valence-corrected chi connectivity index (χ1v) is 4.74. The first-order valence-electron chi connectivity index (χ1n) is 4.74. The average molecular weight is 204 g/mol. The van der Waals surface area contributed by atoms with Gasteiger partial charge < -0.3 is 5.32 Å². The van der Waals surface area contributed by atoms with Crippen LogP contribution in [0.3, 0.4) is 0 Å². The maximum absolute atomic E-state index is 13.2. The van der Waals surface area contributed by atoms with Crippen LogP contribution in [0.15, 0.2) is 30.9 Å². The Bertz CT molecular complexity index is 393. The Kier molecular flexibility index (Phi) is 3.87. The van der Waals surface area contributed by atoms with E-state index >= 15 is 0 Å². The van der Waals surface area contributed by atoms with Gasteiger partial charge in [0.2, 0.25) is 0 Å². The Balaban J connectivity index is 2.76. The number of nitrogens with one attached hydrogen (secondary N) is 1. The highest BCUT2D eigenvalue weighted by atomic mass is 19.1. The summed E-state index contributed by atoms with van der Waals surface area (Å²) in [6, 6.07) is 6.48. The molecule has 1 rings (SSSR count). The van der Waals surface area contributed by atoms with Gasteiger partial charge in [0.05, 0.1) is 5.56 Å². The van der Waals surface area contributed by atoms with Crippen LogP contribution in [0.5, 0.6) is 0 Å². The summed E-state index contributed by atoms with van der Waals surface area (Å²) in [5, 5.41) is 11.7. The minimum Gasteiger partial charge on any atom is -0.382 e. The fraction of sp³-hybridized carbons (Fsp3) is 0.250. The van der Waals surface area contributed by atoms with Gasteiger partial charge in [0.25, 0.3) is 0 Å². The quantitative estimate of drug-likeness (QED) is 0.765. The van der Waals surface area contributed by atoms with E-state index in [0.29, 0.717) is 5.69 Å². The third kappa shape index (κ3) is 3.10. The molecular formula is C12H13FN2. The normalized spacial score (nSPS) is 11.5. The molecule has 1 N–H and O–H groups in total. The van der Waals surface area contributed by atoms with Crippen molar-refractivity contribution in [1.82, 2.24) is 0 Å². The lowest BCUT2D eigenvalue weighted by Gasteiger charge is -2.13. The van der Waals surface area contributed by atoms with Crippen molar-refractivity contribution in [2.45, 2.75) is 19.4 Å². The lowest BCUT2D eigenvalue weighted by Crippen LogP contribution is -2.13. The second kappa shape index (κ2) is 5.16. The van der Waals surface area contributed by atoms with Crippen LogP contribution in [0.25, 0.3) is 0 Å². The Morgan fingerprint density at radius 2 is 2.40 bits per heavy atom. The van der Waals surface area contributed by atoms with Gasteiger partial charge in [-0.05, 0) is 31.5 Å². The summed E-state index contributed by atoms with van der Waals surface area (Å²) in [5.74, 6) is -0.492. The molecule has 2 nitrogen and oxygen atoms in total. The van der Waals surface area contributed by atoms with E-state index in [1.807, 2.05) is 6.92 Å². The molecule has 78 valence electrons. The topological polar surface area (TPSA) is 35.8 Å². The molecule has 0 fully saturated rings. The predicted molar refractivity (Wildman–Crippen MR) is 59.0 cm³/mol. The van der Waals surface area contributed by atoms with E-state index in [4.69, 9.17) is 5.26 Å². The maximum atomic E-state index is 13.2. The molecule has 1 atom stereocenters. The van der Waals surface area contributed by atoms with Crippen molar-refractivity contribution < 1.29 is 4.39 Å². The molecule has 0 amide bonds. The molecule has 0 aromatic heterocycles. The second-order valence-electron chi connectivity index (χ2n) is 3.38. The van der Waals surface area contributed by atoms with Gasteiger partial charge >= 0.3 is 0 Å². The van der Waals surface area contributed by atoms with E-state index in [9.17, 15) is 4.39 Å². The molecule has 3 heteroatoms. The molecule has 0 saturated heterocycles. The lowest BCUT2D eigenvalue weighted by atomic mass is 10.2. The van der Waals surface area contributed by atoms with Crippen LogP contribution in [-0.2, 0) is 0 Å². The molecule has 0 saturated carbocycles. The summed E-state index contributed by atoms with van der Waals surface area (Å²) in [6.45, 7) is 5.61. The molecule has 0 bridgehead atoms. The van der Waals surface area contributed by atoms with Crippen molar-refractivity contribution in [2.75, 3.05) is 5.32 Å². The van der Waals surface area contributed by atoms with Gasteiger partial charge in [0.1, 0.15) is 11.9 Å². The Labute approximate surface area is 89.0 Å². The molecule has 0 radical (unpaired) electrons. The summed E-state index contributed by atoms with van der Waals surface area (Å²) >= 11 is 0. The molecule has 0 aliphatic heterocycles. The number of hydrogen-bond acceptors (Lipinski definition) is 2. The zero-order chi connectivity index (χ0) is 11.3. The van der Waals surface area contributed by atoms with Crippen molar-refractivity contribution >= 4 is 5.69 Å². The number of halogens is 1. The number of nitrogens with zero attached hydrogens (tertiary/aromatic N) is 1. The molecule has 1 aromatic rings. The SMILES string of the molecule is C=CCC(C)Nc1ccc(C#N)c(F)c1.